The van der Waals surface area contributed by atoms with Gasteiger partial charge in [-0.25, -0.2) is 0 Å². The molecule has 0 unspecified atom stereocenters. The van der Waals surface area contributed by atoms with Gasteiger partial charge in [0, 0.05) is 5.02 Å². The van der Waals surface area contributed by atoms with Crippen molar-refractivity contribution in [1.29, 1.82) is 0 Å². The van der Waals surface area contributed by atoms with Crippen LogP contribution in [0.3, 0.4) is 0 Å². The molecule has 0 amide bonds. The van der Waals surface area contributed by atoms with Crippen LogP contribution in [0.5, 0.6) is 0 Å². The Labute approximate surface area is 144 Å². The van der Waals surface area contributed by atoms with E-state index >= 15 is 0 Å². The zero-order valence-corrected chi connectivity index (χ0v) is 15.1. The molecule has 0 aromatic heterocycles. The highest BCUT2D eigenvalue weighted by Gasteiger charge is 2.46. The number of benzene rings is 1. The lowest BCUT2D eigenvalue weighted by molar-refractivity contribution is -0.157. The van der Waals surface area contributed by atoms with Crippen molar-refractivity contribution in [3.63, 3.8) is 0 Å². The van der Waals surface area contributed by atoms with Crippen LogP contribution in [0.1, 0.15) is 57.9 Å². The standard InChI is InChI=1S/C20H27ClO2/c1-12(2)16-9-4-13(3)10-19(16)23-20(22)18-11-17(18)14-5-7-15(21)8-6-14/h5-8,12-13,16-19H,4,9-11H2,1-3H3/t13-,16+,17-,18+,19-/m1/s1. The Bertz CT molecular complexity index is 551. The van der Waals surface area contributed by atoms with Crippen LogP contribution in [-0.2, 0) is 9.53 Å². The van der Waals surface area contributed by atoms with E-state index in [-0.39, 0.29) is 18.0 Å². The zero-order valence-electron chi connectivity index (χ0n) is 14.3. The summed E-state index contributed by atoms with van der Waals surface area (Å²) < 4.78 is 5.97. The lowest BCUT2D eigenvalue weighted by Crippen LogP contribution is -2.36. The molecule has 2 nitrogen and oxygen atoms in total. The van der Waals surface area contributed by atoms with Gasteiger partial charge in [0.05, 0.1) is 5.92 Å². The summed E-state index contributed by atoms with van der Waals surface area (Å²) in [6.07, 6.45) is 4.48. The van der Waals surface area contributed by atoms with Gasteiger partial charge >= 0.3 is 5.97 Å². The van der Waals surface area contributed by atoms with Crippen molar-refractivity contribution in [3.8, 4) is 0 Å². The largest absolute Gasteiger partial charge is 0.462 e. The van der Waals surface area contributed by atoms with Gasteiger partial charge in [0.2, 0.25) is 0 Å². The van der Waals surface area contributed by atoms with Crippen molar-refractivity contribution in [2.45, 2.75) is 58.5 Å². The molecule has 1 aromatic rings. The van der Waals surface area contributed by atoms with Gasteiger partial charge in [-0.2, -0.15) is 0 Å². The number of ether oxygens (including phenoxy) is 1. The van der Waals surface area contributed by atoms with Crippen LogP contribution in [0.25, 0.3) is 0 Å². The Hall–Kier alpha value is -1.02. The highest BCUT2D eigenvalue weighted by atomic mass is 35.5. The Kier molecular flexibility index (Phi) is 5.01. The number of hydrogen-bond acceptors (Lipinski definition) is 2. The topological polar surface area (TPSA) is 26.3 Å². The molecule has 0 N–H and O–H groups in total. The summed E-state index contributed by atoms with van der Waals surface area (Å²) in [5, 5.41) is 0.740. The molecular weight excluding hydrogens is 308 g/mol. The van der Waals surface area contributed by atoms with Crippen molar-refractivity contribution < 1.29 is 9.53 Å². The first-order chi connectivity index (χ1) is 11.0. The van der Waals surface area contributed by atoms with E-state index in [0.29, 0.717) is 23.7 Å². The van der Waals surface area contributed by atoms with E-state index in [1.165, 1.54) is 18.4 Å². The van der Waals surface area contributed by atoms with Gasteiger partial charge in [-0.1, -0.05) is 50.9 Å². The smallest absolute Gasteiger partial charge is 0.309 e. The second kappa shape index (κ2) is 6.84. The predicted octanol–water partition coefficient (Wildman–Crippen LogP) is 5.45. The maximum Gasteiger partial charge on any atom is 0.309 e. The van der Waals surface area contributed by atoms with Crippen molar-refractivity contribution in [1.82, 2.24) is 0 Å². The van der Waals surface area contributed by atoms with Crippen molar-refractivity contribution in [2.24, 2.45) is 23.7 Å². The highest BCUT2D eigenvalue weighted by molar-refractivity contribution is 6.30. The van der Waals surface area contributed by atoms with E-state index < -0.39 is 0 Å². The molecule has 2 aliphatic carbocycles. The van der Waals surface area contributed by atoms with Crippen molar-refractivity contribution in [3.05, 3.63) is 34.9 Å². The van der Waals surface area contributed by atoms with Crippen molar-refractivity contribution >= 4 is 17.6 Å². The molecule has 0 aliphatic heterocycles. The maximum absolute atomic E-state index is 12.6. The molecule has 126 valence electrons. The monoisotopic (exact) mass is 334 g/mol. The van der Waals surface area contributed by atoms with Crippen LogP contribution in [0.15, 0.2) is 24.3 Å². The Morgan fingerprint density at radius 2 is 1.87 bits per heavy atom. The number of hydrogen-bond donors (Lipinski definition) is 0. The molecule has 1 aromatic carbocycles. The molecule has 2 aliphatic rings. The molecule has 0 bridgehead atoms. The minimum Gasteiger partial charge on any atom is -0.462 e. The van der Waals surface area contributed by atoms with Gasteiger partial charge in [0.25, 0.3) is 0 Å². The SMILES string of the molecule is CC(C)[C@@H]1CC[C@@H](C)C[C@H]1OC(=O)[C@H]1C[C@@H]1c1ccc(Cl)cc1. The quantitative estimate of drug-likeness (QED) is 0.684. The first-order valence-corrected chi connectivity index (χ1v) is 9.29. The summed E-state index contributed by atoms with van der Waals surface area (Å²) in [7, 11) is 0. The molecule has 2 saturated carbocycles. The van der Waals surface area contributed by atoms with Crippen LogP contribution in [-0.4, -0.2) is 12.1 Å². The molecule has 0 heterocycles. The first-order valence-electron chi connectivity index (χ1n) is 8.91. The third-order valence-corrected chi connectivity index (χ3v) is 5.87. The summed E-state index contributed by atoms with van der Waals surface area (Å²) in [6, 6.07) is 7.85. The van der Waals surface area contributed by atoms with Crippen LogP contribution >= 0.6 is 11.6 Å². The Morgan fingerprint density at radius 1 is 1.17 bits per heavy atom. The molecule has 0 radical (unpaired) electrons. The lowest BCUT2D eigenvalue weighted by Gasteiger charge is -2.36. The number of esters is 1. The van der Waals surface area contributed by atoms with E-state index in [1.54, 1.807) is 0 Å². The highest BCUT2D eigenvalue weighted by Crippen LogP contribution is 2.49. The summed E-state index contributed by atoms with van der Waals surface area (Å²) in [6.45, 7) is 6.76. The molecule has 0 saturated heterocycles. The molecule has 23 heavy (non-hydrogen) atoms. The molecule has 5 atom stereocenters. The number of rotatable bonds is 4. The second-order valence-electron chi connectivity index (χ2n) is 7.80. The van der Waals surface area contributed by atoms with Gasteiger partial charge in [-0.3, -0.25) is 4.79 Å². The average Bonchev–Trinajstić information content (AvgIpc) is 3.28. The number of carbonyl (C=O) groups excluding carboxylic acids is 1. The van der Waals surface area contributed by atoms with Gasteiger partial charge in [-0.05, 0) is 60.6 Å². The molecular formula is C20H27ClO2. The Balaban J connectivity index is 1.59. The summed E-state index contributed by atoms with van der Waals surface area (Å²) in [5.41, 5.74) is 1.20. The summed E-state index contributed by atoms with van der Waals surface area (Å²) in [4.78, 5) is 12.6. The predicted molar refractivity (Wildman–Crippen MR) is 93.5 cm³/mol. The van der Waals surface area contributed by atoms with Gasteiger partial charge in [-0.15, -0.1) is 0 Å². The average molecular weight is 335 g/mol. The van der Waals surface area contributed by atoms with Crippen LogP contribution in [0.2, 0.25) is 5.02 Å². The fraction of sp³-hybridized carbons (Fsp3) is 0.650. The minimum atomic E-state index is 0.00898. The van der Waals surface area contributed by atoms with Gasteiger partial charge < -0.3 is 4.74 Å². The summed E-state index contributed by atoms with van der Waals surface area (Å²) in [5.74, 6) is 2.12. The van der Waals surface area contributed by atoms with Crippen LogP contribution in [0, 0.1) is 23.7 Å². The molecule has 2 fully saturated rings. The lowest BCUT2D eigenvalue weighted by atomic mass is 9.75. The van der Waals surface area contributed by atoms with Crippen LogP contribution < -0.4 is 0 Å². The maximum atomic E-state index is 12.6. The first kappa shape index (κ1) is 16.8. The van der Waals surface area contributed by atoms with E-state index in [2.05, 4.69) is 20.8 Å². The minimum absolute atomic E-state index is 0.00898. The third-order valence-electron chi connectivity index (χ3n) is 5.62. The van der Waals surface area contributed by atoms with Gasteiger partial charge in [0.1, 0.15) is 6.10 Å². The van der Waals surface area contributed by atoms with E-state index in [1.807, 2.05) is 24.3 Å². The summed E-state index contributed by atoms with van der Waals surface area (Å²) >= 11 is 5.93. The zero-order chi connectivity index (χ0) is 16.6. The second-order valence-corrected chi connectivity index (χ2v) is 8.24. The fourth-order valence-electron chi connectivity index (χ4n) is 4.02. The van der Waals surface area contributed by atoms with Crippen LogP contribution in [0.4, 0.5) is 0 Å². The van der Waals surface area contributed by atoms with E-state index in [0.717, 1.165) is 17.9 Å². The molecule has 3 rings (SSSR count). The Morgan fingerprint density at radius 3 is 2.52 bits per heavy atom. The normalized spacial score (nSPS) is 33.5. The third kappa shape index (κ3) is 3.91. The van der Waals surface area contributed by atoms with E-state index in [9.17, 15) is 4.79 Å². The number of halogens is 1. The fourth-order valence-corrected chi connectivity index (χ4v) is 4.15. The van der Waals surface area contributed by atoms with E-state index in [4.69, 9.17) is 16.3 Å². The molecule has 3 heteroatoms. The van der Waals surface area contributed by atoms with Gasteiger partial charge in [0.15, 0.2) is 0 Å². The van der Waals surface area contributed by atoms with Crippen molar-refractivity contribution in [2.75, 3.05) is 0 Å². The number of carbonyl (C=O) groups is 1. The molecule has 0 spiro atoms.